The summed E-state index contributed by atoms with van der Waals surface area (Å²) in [6.07, 6.45) is 1.24. The second kappa shape index (κ2) is 8.22. The molecule has 0 radical (unpaired) electrons. The number of rotatable bonds is 3. The quantitative estimate of drug-likeness (QED) is 0.859. The fourth-order valence-corrected chi connectivity index (χ4v) is 1.79. The fraction of sp³-hybridized carbons (Fsp3) is 0.385. The van der Waals surface area contributed by atoms with Gasteiger partial charge in [0, 0.05) is 13.1 Å². The van der Waals surface area contributed by atoms with E-state index >= 15 is 0 Å². The highest BCUT2D eigenvalue weighted by Gasteiger charge is 2.38. The number of halogens is 3. The van der Waals surface area contributed by atoms with E-state index in [0.29, 0.717) is 6.54 Å². The maximum Gasteiger partial charge on any atom is 0.490 e. The summed E-state index contributed by atoms with van der Waals surface area (Å²) in [7, 11) is 0. The third-order valence-electron chi connectivity index (χ3n) is 2.85. The maximum atomic E-state index is 10.6. The normalized spacial score (nSPS) is 15.2. The van der Waals surface area contributed by atoms with Crippen LogP contribution < -0.4 is 0 Å². The lowest BCUT2D eigenvalue weighted by atomic mass is 10.0. The first-order valence-electron chi connectivity index (χ1n) is 6.40. The molecule has 1 aliphatic heterocycles. The summed E-state index contributed by atoms with van der Waals surface area (Å²) in [5.74, 6) is -3.53. The second-order valence-corrected chi connectivity index (χ2v) is 4.54. The number of aliphatic carboxylic acids is 2. The van der Waals surface area contributed by atoms with E-state index in [1.54, 1.807) is 12.4 Å². The molecule has 1 aliphatic rings. The van der Waals surface area contributed by atoms with Gasteiger partial charge in [0.2, 0.25) is 0 Å². The van der Waals surface area contributed by atoms with E-state index in [-0.39, 0.29) is 6.54 Å². The molecule has 7 nitrogen and oxygen atoms in total. The van der Waals surface area contributed by atoms with Gasteiger partial charge in [0.15, 0.2) is 0 Å². The number of hydrogen-bond donors (Lipinski definition) is 2. The molecule has 0 fully saturated rings. The number of alkyl halides is 3. The van der Waals surface area contributed by atoms with E-state index < -0.39 is 18.1 Å². The first-order chi connectivity index (χ1) is 10.7. The van der Waals surface area contributed by atoms with Crippen LogP contribution in [0.1, 0.15) is 12.0 Å². The molecule has 1 aromatic rings. The fourth-order valence-electron chi connectivity index (χ4n) is 1.79. The van der Waals surface area contributed by atoms with E-state index in [9.17, 15) is 18.0 Å². The van der Waals surface area contributed by atoms with Gasteiger partial charge in [0.05, 0.1) is 18.9 Å². The first kappa shape index (κ1) is 18.6. The lowest BCUT2D eigenvalue weighted by molar-refractivity contribution is -0.192. The molecule has 0 atom stereocenters. The summed E-state index contributed by atoms with van der Waals surface area (Å²) in [6.45, 7) is 1.57. The summed E-state index contributed by atoms with van der Waals surface area (Å²) in [5.41, 5.74) is 2.29. The average molecular weight is 333 g/mol. The molecule has 23 heavy (non-hydrogen) atoms. The van der Waals surface area contributed by atoms with Gasteiger partial charge in [0.1, 0.15) is 0 Å². The third kappa shape index (κ3) is 6.87. The van der Waals surface area contributed by atoms with Crippen LogP contribution in [-0.4, -0.2) is 63.1 Å². The molecule has 0 spiro atoms. The highest BCUT2D eigenvalue weighted by Crippen LogP contribution is 2.20. The van der Waals surface area contributed by atoms with Gasteiger partial charge in [-0.1, -0.05) is 6.08 Å². The van der Waals surface area contributed by atoms with Crippen molar-refractivity contribution in [1.29, 1.82) is 0 Å². The third-order valence-corrected chi connectivity index (χ3v) is 2.85. The summed E-state index contributed by atoms with van der Waals surface area (Å²) >= 11 is 0. The Morgan fingerprint density at radius 3 is 2.30 bits per heavy atom. The van der Waals surface area contributed by atoms with Gasteiger partial charge in [-0.15, -0.1) is 0 Å². The number of aromatic nitrogens is 2. The molecule has 1 aromatic heterocycles. The number of carboxylic acid groups (broad SMARTS) is 2. The molecule has 2 N–H and O–H groups in total. The lowest BCUT2D eigenvalue weighted by Gasteiger charge is -2.24. The molecule has 0 saturated carbocycles. The molecule has 0 amide bonds. The minimum absolute atomic E-state index is 0.109. The molecule has 126 valence electrons. The van der Waals surface area contributed by atoms with Gasteiger partial charge in [-0.25, -0.2) is 4.79 Å². The van der Waals surface area contributed by atoms with E-state index in [4.69, 9.17) is 15.0 Å². The zero-order valence-corrected chi connectivity index (χ0v) is 11.8. The Morgan fingerprint density at radius 1 is 1.26 bits per heavy atom. The molecule has 2 rings (SSSR count). The number of carboxylic acids is 2. The van der Waals surface area contributed by atoms with Gasteiger partial charge in [0.25, 0.3) is 0 Å². The topological polar surface area (TPSA) is 104 Å². The monoisotopic (exact) mass is 333 g/mol. The summed E-state index contributed by atoms with van der Waals surface area (Å²) in [6, 6.07) is 1.92. The predicted molar refractivity (Wildman–Crippen MR) is 72.4 cm³/mol. The highest BCUT2D eigenvalue weighted by molar-refractivity contribution is 5.73. The van der Waals surface area contributed by atoms with Gasteiger partial charge in [-0.05, 0) is 23.6 Å². The Morgan fingerprint density at radius 2 is 1.91 bits per heavy atom. The van der Waals surface area contributed by atoms with E-state index in [1.807, 2.05) is 11.0 Å². The molecule has 10 heteroatoms. The van der Waals surface area contributed by atoms with Gasteiger partial charge in [-0.2, -0.15) is 23.4 Å². The van der Waals surface area contributed by atoms with Gasteiger partial charge >= 0.3 is 18.1 Å². The van der Waals surface area contributed by atoms with Crippen molar-refractivity contribution < 1.29 is 33.0 Å². The van der Waals surface area contributed by atoms with Crippen molar-refractivity contribution in [3.05, 3.63) is 30.1 Å². The number of nitrogens with zero attached hydrogens (tertiary/aromatic N) is 3. The Bertz CT molecular complexity index is 576. The van der Waals surface area contributed by atoms with Crippen molar-refractivity contribution in [1.82, 2.24) is 15.1 Å². The van der Waals surface area contributed by atoms with Crippen molar-refractivity contribution in [2.75, 3.05) is 19.6 Å². The standard InChI is InChI=1S/C11H13N3O2.C2HF3O2/c15-11(16)8-14-5-2-9(3-6-14)10-1-4-12-13-7-10;3-2(4,5)1(6)7/h1-2,4,7H,3,5-6,8H2,(H,15,16);(H,6,7). The minimum atomic E-state index is -5.08. The Balaban J connectivity index is 0.000000322. The van der Waals surface area contributed by atoms with Crippen LogP contribution >= 0.6 is 0 Å². The van der Waals surface area contributed by atoms with Gasteiger partial charge in [-0.3, -0.25) is 9.69 Å². The summed E-state index contributed by atoms with van der Waals surface area (Å²) in [4.78, 5) is 21.3. The second-order valence-electron chi connectivity index (χ2n) is 4.54. The summed E-state index contributed by atoms with van der Waals surface area (Å²) in [5, 5.41) is 23.4. The molecular formula is C13H14F3N3O4. The molecular weight excluding hydrogens is 319 g/mol. The Labute approximate surface area is 129 Å². The SMILES string of the molecule is O=C(O)C(F)(F)F.O=C(O)CN1CC=C(c2ccnnc2)CC1. The van der Waals surface area contributed by atoms with Crippen molar-refractivity contribution in [2.45, 2.75) is 12.6 Å². The Hall–Kier alpha value is -2.49. The first-order valence-corrected chi connectivity index (χ1v) is 6.40. The van der Waals surface area contributed by atoms with Crippen LogP contribution in [-0.2, 0) is 9.59 Å². The molecule has 0 saturated heterocycles. The van der Waals surface area contributed by atoms with Crippen molar-refractivity contribution in [2.24, 2.45) is 0 Å². The van der Waals surface area contributed by atoms with Crippen molar-refractivity contribution in [3.8, 4) is 0 Å². The van der Waals surface area contributed by atoms with Crippen LogP contribution in [0, 0.1) is 0 Å². The zero-order valence-electron chi connectivity index (χ0n) is 11.8. The molecule has 0 bridgehead atoms. The number of hydrogen-bond acceptors (Lipinski definition) is 5. The Kier molecular flexibility index (Phi) is 6.64. The van der Waals surface area contributed by atoms with E-state index in [2.05, 4.69) is 16.3 Å². The molecule has 0 aromatic carbocycles. The largest absolute Gasteiger partial charge is 0.490 e. The lowest BCUT2D eigenvalue weighted by Crippen LogP contribution is -2.33. The van der Waals surface area contributed by atoms with Crippen LogP contribution in [0.4, 0.5) is 13.2 Å². The van der Waals surface area contributed by atoms with Crippen molar-refractivity contribution >= 4 is 17.5 Å². The zero-order chi connectivity index (χ0) is 17.5. The highest BCUT2D eigenvalue weighted by atomic mass is 19.4. The van der Waals surface area contributed by atoms with Crippen LogP contribution in [0.15, 0.2) is 24.5 Å². The van der Waals surface area contributed by atoms with Crippen molar-refractivity contribution in [3.63, 3.8) is 0 Å². The van der Waals surface area contributed by atoms with Crippen LogP contribution in [0.25, 0.3) is 5.57 Å². The maximum absolute atomic E-state index is 10.6. The number of carbonyl (C=O) groups is 2. The smallest absolute Gasteiger partial charge is 0.480 e. The van der Waals surface area contributed by atoms with E-state index in [1.165, 1.54) is 5.57 Å². The van der Waals surface area contributed by atoms with Crippen LogP contribution in [0.5, 0.6) is 0 Å². The minimum Gasteiger partial charge on any atom is -0.480 e. The van der Waals surface area contributed by atoms with E-state index in [0.717, 1.165) is 18.5 Å². The van der Waals surface area contributed by atoms with Crippen LogP contribution in [0.3, 0.4) is 0 Å². The predicted octanol–water partition coefficient (Wildman–Crippen LogP) is 1.28. The van der Waals surface area contributed by atoms with Gasteiger partial charge < -0.3 is 10.2 Å². The average Bonchev–Trinajstić information content (AvgIpc) is 2.48. The molecule has 2 heterocycles. The summed E-state index contributed by atoms with van der Waals surface area (Å²) < 4.78 is 31.7. The molecule has 0 unspecified atom stereocenters. The molecule has 0 aliphatic carbocycles. The van der Waals surface area contributed by atoms with Crippen LogP contribution in [0.2, 0.25) is 0 Å².